The van der Waals surface area contributed by atoms with Gasteiger partial charge in [0.15, 0.2) is 9.84 Å². The second-order valence-corrected chi connectivity index (χ2v) is 8.63. The van der Waals surface area contributed by atoms with Crippen molar-refractivity contribution in [2.75, 3.05) is 23.9 Å². The molecule has 0 spiro atoms. The highest BCUT2D eigenvalue weighted by Crippen LogP contribution is 2.28. The highest BCUT2D eigenvalue weighted by atomic mass is 35.5. The average Bonchev–Trinajstić information content (AvgIpc) is 2.99. The SMILES string of the molecule is CS(=O)(=O)CCOc1ccc(Cl)cc1NC(=O)/C=C/c1cccs1. The Balaban J connectivity index is 2.05. The number of halogens is 1. The lowest BCUT2D eigenvalue weighted by atomic mass is 10.3. The van der Waals surface area contributed by atoms with Crippen LogP contribution in [0.15, 0.2) is 41.8 Å². The van der Waals surface area contributed by atoms with Gasteiger partial charge in [0.05, 0.1) is 11.4 Å². The van der Waals surface area contributed by atoms with Gasteiger partial charge in [-0.2, -0.15) is 0 Å². The van der Waals surface area contributed by atoms with E-state index in [0.29, 0.717) is 16.5 Å². The molecule has 1 amide bonds. The number of thiophene rings is 1. The maximum atomic E-state index is 12.0. The summed E-state index contributed by atoms with van der Waals surface area (Å²) in [4.78, 5) is 13.0. The summed E-state index contributed by atoms with van der Waals surface area (Å²) in [6.07, 6.45) is 4.25. The maximum Gasteiger partial charge on any atom is 0.248 e. The van der Waals surface area contributed by atoms with Crippen molar-refractivity contribution in [3.05, 3.63) is 51.7 Å². The summed E-state index contributed by atoms with van der Waals surface area (Å²) >= 11 is 7.47. The standard InChI is InChI=1S/C16H16ClNO4S2/c1-24(20,21)10-8-22-15-6-4-12(17)11-14(15)18-16(19)7-5-13-3-2-9-23-13/h2-7,9,11H,8,10H2,1H3,(H,18,19)/b7-5+. The smallest absolute Gasteiger partial charge is 0.248 e. The molecule has 1 aromatic heterocycles. The number of carbonyl (C=O) groups is 1. The zero-order chi connectivity index (χ0) is 17.6. The summed E-state index contributed by atoms with van der Waals surface area (Å²) in [5, 5.41) is 5.03. The Kier molecular flexibility index (Phi) is 6.42. The Morgan fingerprint density at radius 2 is 2.17 bits per heavy atom. The summed E-state index contributed by atoms with van der Waals surface area (Å²) in [5.74, 6) is -0.0825. The number of anilines is 1. The molecule has 0 aliphatic heterocycles. The summed E-state index contributed by atoms with van der Waals surface area (Å²) in [7, 11) is -3.12. The van der Waals surface area contributed by atoms with Crippen molar-refractivity contribution in [3.63, 3.8) is 0 Å². The van der Waals surface area contributed by atoms with Gasteiger partial charge in [-0.1, -0.05) is 17.7 Å². The second-order valence-electron chi connectivity index (χ2n) is 4.96. The summed E-state index contributed by atoms with van der Waals surface area (Å²) < 4.78 is 27.8. The van der Waals surface area contributed by atoms with Gasteiger partial charge in [-0.05, 0) is 35.7 Å². The van der Waals surface area contributed by atoms with Crippen LogP contribution < -0.4 is 10.1 Å². The Bertz CT molecular complexity index is 830. The number of benzene rings is 1. The van der Waals surface area contributed by atoms with E-state index in [0.717, 1.165) is 11.1 Å². The Labute approximate surface area is 149 Å². The number of carbonyl (C=O) groups excluding carboxylic acids is 1. The first-order chi connectivity index (χ1) is 11.3. The minimum atomic E-state index is -3.12. The van der Waals surface area contributed by atoms with Crippen molar-refractivity contribution in [2.24, 2.45) is 0 Å². The van der Waals surface area contributed by atoms with E-state index in [4.69, 9.17) is 16.3 Å². The van der Waals surface area contributed by atoms with E-state index in [-0.39, 0.29) is 18.3 Å². The molecule has 2 rings (SSSR count). The summed E-state index contributed by atoms with van der Waals surface area (Å²) in [6, 6.07) is 8.53. The van der Waals surface area contributed by atoms with Crippen LogP contribution in [0.5, 0.6) is 5.75 Å². The molecule has 0 fully saturated rings. The van der Waals surface area contributed by atoms with E-state index in [1.165, 1.54) is 17.4 Å². The number of rotatable bonds is 7. The zero-order valence-corrected chi connectivity index (χ0v) is 15.2. The molecule has 0 bridgehead atoms. The van der Waals surface area contributed by atoms with Crippen molar-refractivity contribution in [1.82, 2.24) is 0 Å². The van der Waals surface area contributed by atoms with Crippen LogP contribution >= 0.6 is 22.9 Å². The fourth-order valence-electron chi connectivity index (χ4n) is 1.75. The minimum absolute atomic E-state index is 0.00558. The molecule has 5 nitrogen and oxygen atoms in total. The van der Waals surface area contributed by atoms with Gasteiger partial charge in [0.1, 0.15) is 12.4 Å². The molecular weight excluding hydrogens is 370 g/mol. The Hall–Kier alpha value is -1.83. The molecule has 0 unspecified atom stereocenters. The van der Waals surface area contributed by atoms with Crippen molar-refractivity contribution in [1.29, 1.82) is 0 Å². The molecule has 0 aliphatic rings. The van der Waals surface area contributed by atoms with Crippen LogP contribution in [-0.4, -0.2) is 32.9 Å². The minimum Gasteiger partial charge on any atom is -0.490 e. The number of hydrogen-bond donors (Lipinski definition) is 1. The van der Waals surface area contributed by atoms with Gasteiger partial charge in [0, 0.05) is 22.2 Å². The van der Waals surface area contributed by atoms with Crippen molar-refractivity contribution in [3.8, 4) is 5.75 Å². The number of hydrogen-bond acceptors (Lipinski definition) is 5. The fraction of sp³-hybridized carbons (Fsp3) is 0.188. The Morgan fingerprint density at radius 1 is 1.38 bits per heavy atom. The van der Waals surface area contributed by atoms with E-state index < -0.39 is 9.84 Å². The van der Waals surface area contributed by atoms with Gasteiger partial charge in [-0.25, -0.2) is 8.42 Å². The van der Waals surface area contributed by atoms with E-state index >= 15 is 0 Å². The van der Waals surface area contributed by atoms with Crippen LogP contribution in [0.2, 0.25) is 5.02 Å². The quantitative estimate of drug-likeness (QED) is 0.740. The molecular formula is C16H16ClNO4S2. The van der Waals surface area contributed by atoms with Crippen molar-refractivity contribution in [2.45, 2.75) is 0 Å². The molecule has 0 saturated carbocycles. The van der Waals surface area contributed by atoms with Crippen LogP contribution in [0, 0.1) is 0 Å². The highest BCUT2D eigenvalue weighted by Gasteiger charge is 2.09. The predicted molar refractivity (Wildman–Crippen MR) is 98.6 cm³/mol. The van der Waals surface area contributed by atoms with Crippen LogP contribution in [0.3, 0.4) is 0 Å². The predicted octanol–water partition coefficient (Wildman–Crippen LogP) is 3.48. The molecule has 2 aromatic rings. The molecule has 1 aromatic carbocycles. The first-order valence-corrected chi connectivity index (χ1v) is 10.3. The van der Waals surface area contributed by atoms with Crippen LogP contribution in [-0.2, 0) is 14.6 Å². The number of sulfone groups is 1. The first kappa shape index (κ1) is 18.5. The van der Waals surface area contributed by atoms with Gasteiger partial charge in [-0.3, -0.25) is 4.79 Å². The summed E-state index contributed by atoms with van der Waals surface area (Å²) in [5.41, 5.74) is 0.386. The van der Waals surface area contributed by atoms with Gasteiger partial charge in [0.2, 0.25) is 5.91 Å². The third-order valence-corrected chi connectivity index (χ3v) is 4.83. The molecule has 8 heteroatoms. The molecule has 1 N–H and O–H groups in total. The lowest BCUT2D eigenvalue weighted by molar-refractivity contribution is -0.111. The molecule has 1 heterocycles. The maximum absolute atomic E-state index is 12.0. The molecule has 0 radical (unpaired) electrons. The molecule has 0 atom stereocenters. The molecule has 0 aliphatic carbocycles. The molecule has 0 saturated heterocycles. The first-order valence-electron chi connectivity index (χ1n) is 6.96. The highest BCUT2D eigenvalue weighted by molar-refractivity contribution is 7.90. The van der Waals surface area contributed by atoms with E-state index in [2.05, 4.69) is 5.32 Å². The van der Waals surface area contributed by atoms with Crippen LogP contribution in [0.4, 0.5) is 5.69 Å². The third kappa shape index (κ3) is 6.35. The number of amides is 1. The third-order valence-electron chi connectivity index (χ3n) is 2.85. The van der Waals surface area contributed by atoms with Crippen molar-refractivity contribution < 1.29 is 17.9 Å². The van der Waals surface area contributed by atoms with Gasteiger partial charge >= 0.3 is 0 Å². The normalized spacial score (nSPS) is 11.6. The topological polar surface area (TPSA) is 72.5 Å². The van der Waals surface area contributed by atoms with Crippen LogP contribution in [0.25, 0.3) is 6.08 Å². The van der Waals surface area contributed by atoms with Gasteiger partial charge < -0.3 is 10.1 Å². The molecule has 24 heavy (non-hydrogen) atoms. The number of nitrogens with one attached hydrogen (secondary N) is 1. The second kappa shape index (κ2) is 8.32. The zero-order valence-electron chi connectivity index (χ0n) is 12.9. The largest absolute Gasteiger partial charge is 0.490 e. The van der Waals surface area contributed by atoms with Gasteiger partial charge in [-0.15, -0.1) is 11.3 Å². The Morgan fingerprint density at radius 3 is 2.83 bits per heavy atom. The average molecular weight is 386 g/mol. The van der Waals surface area contributed by atoms with E-state index in [1.807, 2.05) is 17.5 Å². The number of ether oxygens (including phenoxy) is 1. The molecule has 128 valence electrons. The van der Waals surface area contributed by atoms with E-state index in [9.17, 15) is 13.2 Å². The van der Waals surface area contributed by atoms with Crippen LogP contribution in [0.1, 0.15) is 4.88 Å². The van der Waals surface area contributed by atoms with E-state index in [1.54, 1.807) is 24.3 Å². The summed E-state index contributed by atoms with van der Waals surface area (Å²) in [6.45, 7) is -0.00558. The fourth-order valence-corrected chi connectivity index (χ4v) is 2.92. The lowest BCUT2D eigenvalue weighted by Gasteiger charge is -2.12. The van der Waals surface area contributed by atoms with Crippen molar-refractivity contribution >= 4 is 50.4 Å². The monoisotopic (exact) mass is 385 g/mol. The van der Waals surface area contributed by atoms with Gasteiger partial charge in [0.25, 0.3) is 0 Å². The lowest BCUT2D eigenvalue weighted by Crippen LogP contribution is -2.14.